The van der Waals surface area contributed by atoms with E-state index < -0.39 is 9.84 Å². The molecule has 0 atom stereocenters. The van der Waals surface area contributed by atoms with E-state index in [1.54, 1.807) is 59.4 Å². The highest BCUT2D eigenvalue weighted by Gasteiger charge is 2.19. The molecular weight excluding hydrogens is 404 g/mol. The molecule has 0 radical (unpaired) electrons. The summed E-state index contributed by atoms with van der Waals surface area (Å²) in [5.74, 6) is -0.00725. The maximum atomic E-state index is 12.8. The highest BCUT2D eigenvalue weighted by molar-refractivity contribution is 7.91. The average Bonchev–Trinajstić information content (AvgIpc) is 3.25. The summed E-state index contributed by atoms with van der Waals surface area (Å²) in [4.78, 5) is 20.7. The van der Waals surface area contributed by atoms with Crippen LogP contribution in [0.2, 0.25) is 0 Å². The fourth-order valence-corrected chi connectivity index (χ4v) is 4.11. The summed E-state index contributed by atoms with van der Waals surface area (Å²) >= 11 is 0. The van der Waals surface area contributed by atoms with Gasteiger partial charge in [0.05, 0.1) is 17.6 Å². The van der Waals surface area contributed by atoms with Crippen LogP contribution in [0.5, 0.6) is 5.88 Å². The van der Waals surface area contributed by atoms with Gasteiger partial charge in [0.1, 0.15) is 5.65 Å². The van der Waals surface area contributed by atoms with Crippen molar-refractivity contribution in [3.05, 3.63) is 84.3 Å². The van der Waals surface area contributed by atoms with Gasteiger partial charge < -0.3 is 14.5 Å². The normalized spacial score (nSPS) is 11.4. The average molecular weight is 422 g/mol. The predicted molar refractivity (Wildman–Crippen MR) is 109 cm³/mol. The summed E-state index contributed by atoms with van der Waals surface area (Å²) in [5.41, 5.74) is 2.03. The van der Waals surface area contributed by atoms with Crippen LogP contribution in [0.1, 0.15) is 15.9 Å². The molecule has 0 aliphatic heterocycles. The Morgan fingerprint density at radius 3 is 2.67 bits per heavy atom. The Balaban J connectivity index is 1.46. The Labute approximate surface area is 173 Å². The van der Waals surface area contributed by atoms with E-state index in [1.807, 2.05) is 0 Å². The lowest BCUT2D eigenvalue weighted by Crippen LogP contribution is -2.23. The molecule has 152 valence electrons. The number of nitrogens with one attached hydrogen (secondary N) is 1. The number of ether oxygens (including phenoxy) is 1. The summed E-state index contributed by atoms with van der Waals surface area (Å²) in [6, 6.07) is 14.3. The molecule has 0 fully saturated rings. The minimum absolute atomic E-state index is 0.0854. The third kappa shape index (κ3) is 3.87. The Morgan fingerprint density at radius 2 is 1.90 bits per heavy atom. The number of pyridine rings is 2. The van der Waals surface area contributed by atoms with Gasteiger partial charge in [-0.15, -0.1) is 0 Å². The first-order valence-corrected chi connectivity index (χ1v) is 10.5. The molecule has 3 aromatic heterocycles. The molecule has 1 amide bonds. The number of benzene rings is 1. The summed E-state index contributed by atoms with van der Waals surface area (Å²) in [5, 5.41) is 2.74. The van der Waals surface area contributed by atoms with Gasteiger partial charge in [-0.1, -0.05) is 18.2 Å². The summed E-state index contributed by atoms with van der Waals surface area (Å²) in [6.07, 6.45) is 5.13. The fraction of sp³-hybridized carbons (Fsp3) is 0.0952. The lowest BCUT2D eigenvalue weighted by molar-refractivity contribution is 0.0950. The molecule has 1 aromatic carbocycles. The van der Waals surface area contributed by atoms with Crippen molar-refractivity contribution >= 4 is 21.4 Å². The Kier molecular flexibility index (Phi) is 5.20. The van der Waals surface area contributed by atoms with Gasteiger partial charge in [-0.3, -0.25) is 4.79 Å². The predicted octanol–water partition coefficient (Wildman–Crippen LogP) is 2.50. The van der Waals surface area contributed by atoms with Crippen LogP contribution in [-0.2, 0) is 16.4 Å². The van der Waals surface area contributed by atoms with Gasteiger partial charge in [-0.25, -0.2) is 18.4 Å². The van der Waals surface area contributed by atoms with E-state index in [0.29, 0.717) is 5.56 Å². The van der Waals surface area contributed by atoms with Crippen LogP contribution in [0.3, 0.4) is 0 Å². The summed E-state index contributed by atoms with van der Waals surface area (Å²) < 4.78 is 32.3. The van der Waals surface area contributed by atoms with Crippen molar-refractivity contribution in [1.82, 2.24) is 19.7 Å². The zero-order valence-electron chi connectivity index (χ0n) is 16.0. The van der Waals surface area contributed by atoms with Gasteiger partial charge in [0.15, 0.2) is 5.03 Å². The van der Waals surface area contributed by atoms with E-state index in [0.717, 1.165) is 11.2 Å². The Bertz CT molecular complexity index is 1310. The van der Waals surface area contributed by atoms with Crippen molar-refractivity contribution in [3.8, 4) is 5.88 Å². The molecule has 0 aliphatic rings. The smallest absolute Gasteiger partial charge is 0.253 e. The van der Waals surface area contributed by atoms with Crippen molar-refractivity contribution in [2.24, 2.45) is 0 Å². The zero-order valence-corrected chi connectivity index (χ0v) is 16.8. The standard InChI is InChI=1S/C21H18N4O4S/c1-29-19-3-2-4-20(24-19)30(27,28)17-8-5-15(6-9-17)13-23-21(26)16-7-10-18-22-11-12-25(18)14-16/h2-12,14H,13H2,1H3,(H,23,26). The number of sulfone groups is 1. The van der Waals surface area contributed by atoms with Gasteiger partial charge >= 0.3 is 0 Å². The molecule has 0 bridgehead atoms. The first-order valence-electron chi connectivity index (χ1n) is 9.03. The molecule has 0 spiro atoms. The van der Waals surface area contributed by atoms with E-state index in [1.165, 1.54) is 25.3 Å². The third-order valence-electron chi connectivity index (χ3n) is 4.52. The largest absolute Gasteiger partial charge is 0.481 e. The maximum Gasteiger partial charge on any atom is 0.253 e. The first-order chi connectivity index (χ1) is 14.5. The van der Waals surface area contributed by atoms with Gasteiger partial charge in [0.2, 0.25) is 15.7 Å². The van der Waals surface area contributed by atoms with E-state index in [-0.39, 0.29) is 28.3 Å². The molecular formula is C21H18N4O4S. The number of amides is 1. The van der Waals surface area contributed by atoms with Crippen molar-refractivity contribution in [1.29, 1.82) is 0 Å². The van der Waals surface area contributed by atoms with E-state index in [9.17, 15) is 13.2 Å². The van der Waals surface area contributed by atoms with Crippen molar-refractivity contribution in [2.45, 2.75) is 16.5 Å². The van der Waals surface area contributed by atoms with Crippen molar-refractivity contribution < 1.29 is 17.9 Å². The highest BCUT2D eigenvalue weighted by Crippen LogP contribution is 2.21. The molecule has 4 rings (SSSR count). The van der Waals surface area contributed by atoms with E-state index in [2.05, 4.69) is 15.3 Å². The fourth-order valence-electron chi connectivity index (χ4n) is 2.91. The third-order valence-corrected chi connectivity index (χ3v) is 6.19. The number of methoxy groups -OCH3 is 1. The van der Waals surface area contributed by atoms with Crippen LogP contribution in [0.4, 0.5) is 0 Å². The van der Waals surface area contributed by atoms with Crippen LogP contribution in [0.25, 0.3) is 5.65 Å². The molecule has 30 heavy (non-hydrogen) atoms. The van der Waals surface area contributed by atoms with E-state index in [4.69, 9.17) is 4.74 Å². The van der Waals surface area contributed by atoms with Crippen molar-refractivity contribution in [3.63, 3.8) is 0 Å². The topological polar surface area (TPSA) is 103 Å². The second-order valence-electron chi connectivity index (χ2n) is 6.46. The molecule has 4 aromatic rings. The number of carbonyl (C=O) groups is 1. The first kappa shape index (κ1) is 19.6. The van der Waals surface area contributed by atoms with Crippen LogP contribution in [0, 0.1) is 0 Å². The number of rotatable bonds is 6. The zero-order chi connectivity index (χ0) is 21.1. The maximum absolute atomic E-state index is 12.8. The number of hydrogen-bond acceptors (Lipinski definition) is 6. The second-order valence-corrected chi connectivity index (χ2v) is 8.36. The molecule has 9 heteroatoms. The highest BCUT2D eigenvalue weighted by atomic mass is 32.2. The number of nitrogens with zero attached hydrogens (tertiary/aromatic N) is 3. The van der Waals surface area contributed by atoms with Gasteiger partial charge in [-0.2, -0.15) is 0 Å². The van der Waals surface area contributed by atoms with Gasteiger partial charge in [0, 0.05) is 31.2 Å². The minimum Gasteiger partial charge on any atom is -0.481 e. The molecule has 8 nitrogen and oxygen atoms in total. The second kappa shape index (κ2) is 7.96. The number of fused-ring (bicyclic) bond motifs is 1. The molecule has 1 N–H and O–H groups in total. The molecule has 0 saturated carbocycles. The van der Waals surface area contributed by atoms with E-state index >= 15 is 0 Å². The molecule has 3 heterocycles. The molecule has 0 unspecified atom stereocenters. The van der Waals surface area contributed by atoms with Crippen LogP contribution < -0.4 is 10.1 Å². The lowest BCUT2D eigenvalue weighted by atomic mass is 10.2. The minimum atomic E-state index is -3.76. The van der Waals surface area contributed by atoms with Gasteiger partial charge in [0.25, 0.3) is 5.91 Å². The summed E-state index contributed by atoms with van der Waals surface area (Å²) in [7, 11) is -2.34. The van der Waals surface area contributed by atoms with Crippen molar-refractivity contribution in [2.75, 3.05) is 7.11 Å². The Morgan fingerprint density at radius 1 is 1.10 bits per heavy atom. The summed E-state index contributed by atoms with van der Waals surface area (Å²) in [6.45, 7) is 0.262. The monoisotopic (exact) mass is 422 g/mol. The number of carbonyl (C=O) groups excluding carboxylic acids is 1. The van der Waals surface area contributed by atoms with Crippen LogP contribution >= 0.6 is 0 Å². The lowest BCUT2D eigenvalue weighted by Gasteiger charge is -2.08. The molecule has 0 saturated heterocycles. The number of aromatic nitrogens is 3. The van der Waals surface area contributed by atoms with Crippen LogP contribution in [0.15, 0.2) is 83.1 Å². The molecule has 0 aliphatic carbocycles. The number of hydrogen-bond donors (Lipinski definition) is 1. The quantitative estimate of drug-likeness (QED) is 0.512. The Hall–Kier alpha value is -3.72. The number of imidazole rings is 1. The SMILES string of the molecule is COc1cccc(S(=O)(=O)c2ccc(CNC(=O)c3ccc4nccn4c3)cc2)n1. The van der Waals surface area contributed by atoms with Crippen LogP contribution in [-0.4, -0.2) is 35.8 Å². The van der Waals surface area contributed by atoms with Gasteiger partial charge in [-0.05, 0) is 35.9 Å².